The minimum Gasteiger partial charge on any atom is -0.469 e. The Morgan fingerprint density at radius 3 is 2.10 bits per heavy atom. The van der Waals surface area contributed by atoms with Crippen molar-refractivity contribution in [3.63, 3.8) is 0 Å². The molecule has 9 rings (SSSR count). The highest BCUT2D eigenvalue weighted by Gasteiger charge is 2.35. The van der Waals surface area contributed by atoms with Crippen LogP contribution in [-0.2, 0) is 54.3 Å². The average molecular weight is 1340 g/mol. The quantitative estimate of drug-likeness (QED) is 0.0394. The number of nitrogens with zero attached hydrogens (tertiary/aromatic N) is 7. The fraction of sp³-hybridized carbons (Fsp3) is 0.345. The fourth-order valence-electron chi connectivity index (χ4n) is 9.21. The van der Waals surface area contributed by atoms with Gasteiger partial charge in [0.15, 0.2) is 6.10 Å². The van der Waals surface area contributed by atoms with Gasteiger partial charge in [0, 0.05) is 59.5 Å². The number of esters is 3. The van der Waals surface area contributed by atoms with Gasteiger partial charge in [-0.3, -0.25) is 43.2 Å². The van der Waals surface area contributed by atoms with Crippen LogP contribution in [0.1, 0.15) is 132 Å². The number of anilines is 1. The molecule has 0 radical (unpaired) electrons. The Labute approximate surface area is 538 Å². The van der Waals surface area contributed by atoms with E-state index in [0.717, 1.165) is 34.0 Å². The van der Waals surface area contributed by atoms with Crippen LogP contribution in [0.5, 0.6) is 0 Å². The van der Waals surface area contributed by atoms with Gasteiger partial charge < -0.3 is 50.8 Å². The second-order valence-electron chi connectivity index (χ2n) is 20.3. The van der Waals surface area contributed by atoms with Gasteiger partial charge in [-0.15, -0.1) is 68.0 Å². The lowest BCUT2D eigenvalue weighted by Gasteiger charge is -2.26. The molecule has 1 aromatic carbocycles. The third kappa shape index (κ3) is 15.8. The fourth-order valence-corrected chi connectivity index (χ4v) is 14.7. The number of benzene rings is 1. The van der Waals surface area contributed by atoms with Crippen molar-refractivity contribution in [2.75, 3.05) is 40.2 Å². The summed E-state index contributed by atoms with van der Waals surface area (Å²) < 4.78 is 21.0. The number of fused-ring (bicyclic) bond motifs is 14. The number of carbonyl (C=O) groups is 9. The van der Waals surface area contributed by atoms with Crippen molar-refractivity contribution in [2.45, 2.75) is 84.2 Å². The first-order valence-corrected chi connectivity index (χ1v) is 32.8. The molecule has 1 aliphatic rings. The molecule has 90 heavy (non-hydrogen) atoms. The summed E-state index contributed by atoms with van der Waals surface area (Å²) in [7, 11) is 5.30. The van der Waals surface area contributed by atoms with Crippen LogP contribution in [0.4, 0.5) is 5.82 Å². The molecule has 6 N–H and O–H groups in total. The number of hydrogen-bond donors (Lipinski definition) is 6. The second-order valence-corrected chi connectivity index (χ2v) is 26.2. The van der Waals surface area contributed by atoms with Crippen molar-refractivity contribution in [2.24, 2.45) is 11.8 Å². The van der Waals surface area contributed by atoms with Crippen molar-refractivity contribution in [1.82, 2.24) is 61.5 Å². The number of carbonyl (C=O) groups excluding carboxylic acids is 9. The van der Waals surface area contributed by atoms with Gasteiger partial charge >= 0.3 is 17.9 Å². The van der Waals surface area contributed by atoms with E-state index in [-0.39, 0.29) is 66.1 Å². The first-order valence-electron chi connectivity index (χ1n) is 27.6. The number of pyridine rings is 1. The standard InChI is InChI=1S/C58H59N13O13S6/c1-26(2)43-57-71-46(37(90-57)21-81-6)50(78)60-20-41(75)68-47(48(84-28(4)72)29-12-10-9-11-13-29)56-65-36(24-87-56)54-63-34(22-86-54)45-31(15-16-32(61-45)53-67-38(25-88-53)66-39(73)17-14-30(58(80)83-8)18-42(76)82-7)52-64-35(23-85-52)49(77)62-33(19-40(74)59-5)55-70-44(27(3)89-55)51(79)69-43/h9-13,15-16,22-26,30,33,43,47-48H,14,17-21H2,1-8H3,(H,59,74)(H,60,78)(H,62,77)(H,66,73)(H,68,75)(H,69,79)/t30-,33-,43-,47-,48-/m0/s1. The van der Waals surface area contributed by atoms with Crippen molar-refractivity contribution in [1.29, 1.82) is 0 Å². The van der Waals surface area contributed by atoms with E-state index >= 15 is 0 Å². The summed E-state index contributed by atoms with van der Waals surface area (Å²) in [6, 6.07) is 9.37. The number of aromatic nitrogens is 7. The molecule has 8 heterocycles. The smallest absolute Gasteiger partial charge is 0.309 e. The van der Waals surface area contributed by atoms with Crippen molar-refractivity contribution >= 4 is 127 Å². The van der Waals surface area contributed by atoms with E-state index in [1.54, 1.807) is 70.9 Å². The predicted octanol–water partition coefficient (Wildman–Crippen LogP) is 7.95. The maximum atomic E-state index is 14.4. The van der Waals surface area contributed by atoms with Crippen LogP contribution in [0.25, 0.3) is 43.4 Å². The van der Waals surface area contributed by atoms with Crippen LogP contribution in [0.15, 0.2) is 64.0 Å². The SMILES string of the molecule is CNC(=O)C[C@@H]1NC(=O)c2csc(n2)-c2ccc(-c3nc(NC(=O)CC[C@@H](CC(=O)OC)C(=O)OC)cs3)nc2-c2csc(n2)-c2csc(n2)[C@H]([C@@H](OC(C)=O)c2ccccc2)NC(=O)CNC(=O)c2nc(sc2COC)[C@H](C(C)C)NC(=O)c2nc1sc2C. The molecule has 5 atom stereocenters. The Hall–Kier alpha value is -8.66. The molecular weight excluding hydrogens is 1280 g/mol. The highest BCUT2D eigenvalue weighted by molar-refractivity contribution is 7.15. The summed E-state index contributed by atoms with van der Waals surface area (Å²) >= 11 is 7.00. The number of methoxy groups -OCH3 is 3. The van der Waals surface area contributed by atoms with Crippen molar-refractivity contribution in [3.05, 3.63) is 111 Å². The maximum absolute atomic E-state index is 14.4. The molecule has 10 bridgehead atoms. The lowest BCUT2D eigenvalue weighted by Crippen LogP contribution is -2.41. The number of rotatable bonds is 16. The Morgan fingerprint density at radius 2 is 1.38 bits per heavy atom. The van der Waals surface area contributed by atoms with Gasteiger partial charge in [0.25, 0.3) is 17.7 Å². The second kappa shape index (κ2) is 29.8. The number of aryl methyl sites for hydroxylation is 1. The molecule has 26 nitrogen and oxygen atoms in total. The van der Waals surface area contributed by atoms with Gasteiger partial charge in [-0.05, 0) is 37.0 Å². The number of hydrogen-bond acceptors (Lipinski definition) is 26. The molecule has 0 saturated heterocycles. The normalized spacial score (nSPS) is 16.1. The Morgan fingerprint density at radius 1 is 0.667 bits per heavy atom. The van der Waals surface area contributed by atoms with Gasteiger partial charge in [0.1, 0.15) is 76.1 Å². The van der Waals surface area contributed by atoms with Crippen LogP contribution in [0, 0.1) is 18.8 Å². The number of ether oxygens (including phenoxy) is 4. The van der Waals surface area contributed by atoms with E-state index in [9.17, 15) is 43.2 Å². The first-order chi connectivity index (χ1) is 43.2. The molecule has 32 heteroatoms. The Balaban J connectivity index is 1.11. The summed E-state index contributed by atoms with van der Waals surface area (Å²) in [5.74, 6) is -6.39. The molecular formula is C58H59N13O13S6. The molecule has 0 fully saturated rings. The van der Waals surface area contributed by atoms with Crippen molar-refractivity contribution in [3.8, 4) is 43.4 Å². The molecule has 7 aromatic heterocycles. The number of amides is 6. The first kappa shape index (κ1) is 65.8. The minimum absolute atomic E-state index is 0.00375. The Bertz CT molecular complexity index is 3990. The Kier molecular flexibility index (Phi) is 21.8. The molecule has 0 aliphatic carbocycles. The highest BCUT2D eigenvalue weighted by Crippen LogP contribution is 2.41. The summed E-state index contributed by atoms with van der Waals surface area (Å²) in [6.07, 6.45) is -1.74. The zero-order valence-electron chi connectivity index (χ0n) is 49.4. The monoisotopic (exact) mass is 1340 g/mol. The third-order valence-electron chi connectivity index (χ3n) is 13.7. The largest absolute Gasteiger partial charge is 0.469 e. The summed E-state index contributed by atoms with van der Waals surface area (Å²) in [6.45, 7) is 6.10. The topological polar surface area (TPSA) is 353 Å². The van der Waals surface area contributed by atoms with Gasteiger partial charge in [-0.1, -0.05) is 44.2 Å². The van der Waals surface area contributed by atoms with Crippen LogP contribution in [-0.4, -0.2) is 123 Å². The minimum atomic E-state index is -1.10. The summed E-state index contributed by atoms with van der Waals surface area (Å²) in [4.78, 5) is 155. The van der Waals surface area contributed by atoms with Crippen LogP contribution >= 0.6 is 68.0 Å². The number of thiazole rings is 6. The van der Waals surface area contributed by atoms with E-state index in [1.807, 2.05) is 13.8 Å². The highest BCUT2D eigenvalue weighted by atomic mass is 32.1. The molecule has 470 valence electrons. The molecule has 0 spiro atoms. The molecule has 6 amide bonds. The van der Waals surface area contributed by atoms with E-state index in [2.05, 4.69) is 36.9 Å². The van der Waals surface area contributed by atoms with Crippen LogP contribution in [0.2, 0.25) is 0 Å². The van der Waals surface area contributed by atoms with Gasteiger partial charge in [-0.2, -0.15) is 0 Å². The summed E-state index contributed by atoms with van der Waals surface area (Å²) in [5.41, 5.74) is 2.42. The molecule has 0 unspecified atom stereocenters. The molecule has 0 saturated carbocycles. The molecule has 1 aliphatic heterocycles. The zero-order valence-corrected chi connectivity index (χ0v) is 54.3. The van der Waals surface area contributed by atoms with Crippen molar-refractivity contribution < 1.29 is 62.1 Å². The third-order valence-corrected chi connectivity index (χ3v) is 19.4. The van der Waals surface area contributed by atoms with Crippen LogP contribution < -0.4 is 31.9 Å². The summed E-state index contributed by atoms with van der Waals surface area (Å²) in [5, 5.41) is 25.7. The van der Waals surface area contributed by atoms with Gasteiger partial charge in [0.2, 0.25) is 17.7 Å². The predicted molar refractivity (Wildman–Crippen MR) is 336 cm³/mol. The average Bonchev–Trinajstić information content (AvgIpc) is 1.88. The van der Waals surface area contributed by atoms with E-state index in [0.29, 0.717) is 68.7 Å². The van der Waals surface area contributed by atoms with Gasteiger partial charge in [-0.25, -0.2) is 34.9 Å². The lowest BCUT2D eigenvalue weighted by molar-refractivity contribution is -0.152. The molecule has 8 aromatic rings. The maximum Gasteiger partial charge on any atom is 0.309 e. The zero-order chi connectivity index (χ0) is 64.3. The van der Waals surface area contributed by atoms with E-state index in [1.165, 1.54) is 69.3 Å². The van der Waals surface area contributed by atoms with Gasteiger partial charge in [0.05, 0.1) is 68.8 Å². The van der Waals surface area contributed by atoms with E-state index in [4.69, 9.17) is 48.9 Å². The van der Waals surface area contributed by atoms with E-state index < -0.39 is 90.0 Å². The lowest BCUT2D eigenvalue weighted by atomic mass is 9.99. The van der Waals surface area contributed by atoms with Crippen LogP contribution in [0.3, 0.4) is 0 Å². The number of nitrogens with one attached hydrogen (secondary N) is 6.